The predicted octanol–water partition coefficient (Wildman–Crippen LogP) is 8.19. The molecule has 0 saturated carbocycles. The number of benzene rings is 5. The predicted molar refractivity (Wildman–Crippen MR) is 217 cm³/mol. The van der Waals surface area contributed by atoms with E-state index in [1.807, 2.05) is 0 Å². The summed E-state index contributed by atoms with van der Waals surface area (Å²) in [6, 6.07) is 13.0. The molecule has 0 aliphatic carbocycles. The van der Waals surface area contributed by atoms with Gasteiger partial charge in [-0.2, -0.15) is 40.2 Å². The van der Waals surface area contributed by atoms with E-state index in [-0.39, 0.29) is 77.1 Å². The monoisotopic (exact) mass is 955 g/mol. The molecule has 6 N–H and O–H groups in total. The Morgan fingerprint density at radius 3 is 1.97 bits per heavy atom. The van der Waals surface area contributed by atoms with Gasteiger partial charge < -0.3 is 15.4 Å². The molecule has 1 amide bonds. The van der Waals surface area contributed by atoms with Crippen LogP contribution in [-0.4, -0.2) is 72.1 Å². The van der Waals surface area contributed by atoms with Gasteiger partial charge in [0.15, 0.2) is 0 Å². The van der Waals surface area contributed by atoms with Gasteiger partial charge in [-0.15, -0.1) is 24.8 Å². The molecule has 61 heavy (non-hydrogen) atoms. The molecular formula is C32H23Cl2N9O14S4. The number of amides is 1. The lowest BCUT2D eigenvalue weighted by Crippen LogP contribution is -2.06. The fourth-order valence-corrected chi connectivity index (χ4v) is 8.56. The Morgan fingerprint density at radius 1 is 0.705 bits per heavy atom. The molecule has 0 radical (unpaired) electrons. The molecule has 29 heteroatoms. The molecular weight excluding hydrogens is 934 g/mol. The van der Waals surface area contributed by atoms with Crippen molar-refractivity contribution in [1.82, 2.24) is 15.0 Å². The fraction of sp³-hybridized carbons (Fsp3) is 0.0625. The van der Waals surface area contributed by atoms with Gasteiger partial charge in [0, 0.05) is 34.0 Å². The lowest BCUT2D eigenvalue weighted by atomic mass is 10.1. The molecule has 0 spiro atoms. The molecule has 6 aromatic rings. The van der Waals surface area contributed by atoms with Crippen molar-refractivity contribution in [2.75, 3.05) is 17.7 Å². The molecule has 0 bridgehead atoms. The second-order valence-corrected chi connectivity index (χ2v) is 17.5. The number of nitrogens with one attached hydrogen (secondary N) is 2. The first-order valence-electron chi connectivity index (χ1n) is 16.1. The Labute approximate surface area is 357 Å². The smallest absolute Gasteiger partial charge is 0.296 e. The van der Waals surface area contributed by atoms with E-state index in [9.17, 15) is 43.7 Å². The van der Waals surface area contributed by atoms with E-state index in [0.717, 1.165) is 31.2 Å². The van der Waals surface area contributed by atoms with Crippen molar-refractivity contribution in [3.8, 4) is 5.75 Å². The van der Waals surface area contributed by atoms with Gasteiger partial charge in [-0.3, -0.25) is 18.5 Å². The SMILES string of the molecule is COc1cc(N=Nc2cc3c(S(=O)(=O)O)cc(SOOO)cc3cc2S(=O)(=O)O)c(NC(C)=O)cc1N=Nc1ccc(Nc2nc(Cl)nc(Cl)n2)c2c(S(=O)(=O)O)cccc12. The summed E-state index contributed by atoms with van der Waals surface area (Å²) in [4.78, 5) is 21.6. The molecule has 1 heterocycles. The second kappa shape index (κ2) is 17.8. The van der Waals surface area contributed by atoms with E-state index >= 15 is 0 Å². The minimum Gasteiger partial charge on any atom is -0.494 e. The third-order valence-corrected chi connectivity index (χ3v) is 11.5. The Balaban J connectivity index is 1.47. The summed E-state index contributed by atoms with van der Waals surface area (Å²) >= 11 is 12.1. The summed E-state index contributed by atoms with van der Waals surface area (Å²) in [5, 5.41) is 32.9. The highest BCUT2D eigenvalue weighted by Gasteiger charge is 2.24. The van der Waals surface area contributed by atoms with Gasteiger partial charge in [0.2, 0.25) is 22.4 Å². The van der Waals surface area contributed by atoms with Crippen molar-refractivity contribution in [1.29, 1.82) is 0 Å². The number of ether oxygens (including phenoxy) is 1. The zero-order valence-corrected chi connectivity index (χ0v) is 35.0. The normalized spacial score (nSPS) is 12.5. The Hall–Kier alpha value is -5.56. The zero-order chi connectivity index (χ0) is 44.4. The number of carbonyl (C=O) groups is 1. The quantitative estimate of drug-likeness (QED) is 0.0197. The molecule has 0 saturated heterocycles. The second-order valence-electron chi connectivity index (χ2n) is 11.9. The number of anilines is 3. The molecule has 23 nitrogen and oxygen atoms in total. The number of carbonyl (C=O) groups excluding carboxylic acids is 1. The number of methoxy groups -OCH3 is 1. The number of hydrogen-bond donors (Lipinski definition) is 6. The van der Waals surface area contributed by atoms with Crippen LogP contribution in [0.5, 0.6) is 5.75 Å². The molecule has 6 rings (SSSR count). The maximum atomic E-state index is 12.5. The third-order valence-electron chi connectivity index (χ3n) is 7.91. The molecule has 0 unspecified atom stereocenters. The van der Waals surface area contributed by atoms with Crippen molar-refractivity contribution >= 4 is 133 Å². The summed E-state index contributed by atoms with van der Waals surface area (Å²) in [6.07, 6.45) is 0. The van der Waals surface area contributed by atoms with E-state index < -0.39 is 56.6 Å². The summed E-state index contributed by atoms with van der Waals surface area (Å²) in [5.74, 6) is -0.841. The van der Waals surface area contributed by atoms with Crippen LogP contribution in [0, 0.1) is 0 Å². The maximum Gasteiger partial charge on any atom is 0.296 e. The Bertz CT molecular complexity index is 3160. The van der Waals surface area contributed by atoms with Gasteiger partial charge in [-0.1, -0.05) is 17.2 Å². The van der Waals surface area contributed by atoms with Crippen LogP contribution in [0.15, 0.2) is 107 Å². The van der Waals surface area contributed by atoms with Crippen molar-refractivity contribution < 1.29 is 63.1 Å². The number of rotatable bonds is 14. The van der Waals surface area contributed by atoms with Crippen molar-refractivity contribution in [2.45, 2.75) is 26.5 Å². The van der Waals surface area contributed by atoms with Crippen LogP contribution in [0.1, 0.15) is 6.92 Å². The Morgan fingerprint density at radius 2 is 1.34 bits per heavy atom. The lowest BCUT2D eigenvalue weighted by molar-refractivity contribution is -0.432. The first-order chi connectivity index (χ1) is 28.7. The number of fused-ring (bicyclic) bond motifs is 2. The van der Waals surface area contributed by atoms with E-state index in [2.05, 4.69) is 55.4 Å². The van der Waals surface area contributed by atoms with E-state index in [1.54, 1.807) is 0 Å². The summed E-state index contributed by atoms with van der Waals surface area (Å²) < 4.78 is 115. The maximum absolute atomic E-state index is 12.5. The van der Waals surface area contributed by atoms with Crippen LogP contribution in [0.3, 0.4) is 0 Å². The van der Waals surface area contributed by atoms with E-state index in [1.165, 1.54) is 49.6 Å². The van der Waals surface area contributed by atoms with Crippen LogP contribution in [0.2, 0.25) is 10.6 Å². The van der Waals surface area contributed by atoms with Crippen molar-refractivity contribution in [2.24, 2.45) is 20.5 Å². The number of aromatic nitrogens is 3. The number of nitrogens with zero attached hydrogens (tertiary/aromatic N) is 7. The summed E-state index contributed by atoms with van der Waals surface area (Å²) in [6.45, 7) is 1.15. The first-order valence-corrected chi connectivity index (χ1v) is 21.9. The molecule has 1 aromatic heterocycles. The highest BCUT2D eigenvalue weighted by molar-refractivity contribution is 7.94. The third kappa shape index (κ3) is 10.5. The van der Waals surface area contributed by atoms with Gasteiger partial charge in [0.25, 0.3) is 30.4 Å². The molecule has 318 valence electrons. The molecule has 0 fully saturated rings. The van der Waals surface area contributed by atoms with Gasteiger partial charge in [-0.05, 0) is 77.1 Å². The molecule has 0 aliphatic rings. The number of hydrogen-bond acceptors (Lipinski definition) is 20. The van der Waals surface area contributed by atoms with Gasteiger partial charge in [0.05, 0.1) is 36.2 Å². The number of halogens is 2. The van der Waals surface area contributed by atoms with Gasteiger partial charge >= 0.3 is 0 Å². The molecule has 5 aromatic carbocycles. The first kappa shape index (κ1) is 45.0. The molecule has 0 atom stereocenters. The van der Waals surface area contributed by atoms with Crippen LogP contribution < -0.4 is 15.4 Å². The lowest BCUT2D eigenvalue weighted by Gasteiger charge is -2.13. The van der Waals surface area contributed by atoms with Crippen molar-refractivity contribution in [3.05, 3.63) is 77.3 Å². The highest BCUT2D eigenvalue weighted by Crippen LogP contribution is 2.43. The van der Waals surface area contributed by atoms with Crippen LogP contribution in [0.4, 0.5) is 40.1 Å². The average molecular weight is 957 g/mol. The average Bonchev–Trinajstić information content (AvgIpc) is 3.16. The van der Waals surface area contributed by atoms with Crippen LogP contribution in [0.25, 0.3) is 21.5 Å². The van der Waals surface area contributed by atoms with Gasteiger partial charge in [-0.25, -0.2) is 5.26 Å². The van der Waals surface area contributed by atoms with Crippen LogP contribution >= 0.6 is 35.2 Å². The Kier molecular flexibility index (Phi) is 13.1. The van der Waals surface area contributed by atoms with E-state index in [4.69, 9.17) is 33.2 Å². The minimum atomic E-state index is -5.10. The number of azo groups is 2. The topological polar surface area (TPSA) is 340 Å². The largest absolute Gasteiger partial charge is 0.494 e. The van der Waals surface area contributed by atoms with Gasteiger partial charge in [0.1, 0.15) is 37.5 Å². The minimum absolute atomic E-state index is 0.0488. The molecule has 0 aliphatic heterocycles. The van der Waals surface area contributed by atoms with Crippen LogP contribution in [-0.2, 0) is 44.5 Å². The zero-order valence-electron chi connectivity index (χ0n) is 30.2. The van der Waals surface area contributed by atoms with Crippen molar-refractivity contribution in [3.63, 3.8) is 0 Å². The highest BCUT2D eigenvalue weighted by atomic mass is 35.5. The standard InChI is InChI=1S/C32H23Cl2N9O14S4/c1-14(44)35-21-12-23(42-40-19-6-7-20(36-32-38-30(33)37-31(34)39-32)29-17(19)4-3-5-26(29)59(46,47)48)25(55-2)13-22(21)41-43-24-11-18-15(9-28(24)61(52,53)54)8-16(58-57-56-45)10-27(18)60(49,50)51/h3-13,45H,1-2H3,(H,35,44)(H,46,47,48)(H,49,50,51)(H,52,53,54)(H,36,37,38,39). The summed E-state index contributed by atoms with van der Waals surface area (Å²) in [5.41, 5.74) is -0.824. The summed E-state index contributed by atoms with van der Waals surface area (Å²) in [7, 11) is -13.7. The fourth-order valence-electron chi connectivity index (χ4n) is 5.57. The van der Waals surface area contributed by atoms with E-state index in [0.29, 0.717) is 12.0 Å².